The lowest BCUT2D eigenvalue weighted by Gasteiger charge is -2.01. The number of thiocarbonyl (C=S) groups is 1. The van der Waals surface area contributed by atoms with Crippen molar-refractivity contribution < 1.29 is 0 Å². The Balaban J connectivity index is 3.66. The maximum absolute atomic E-state index is 4.58. The Morgan fingerprint density at radius 3 is 2.00 bits per heavy atom. The highest BCUT2D eigenvalue weighted by Crippen LogP contribution is 1.74. The molecule has 46 valence electrons. The van der Waals surface area contributed by atoms with Gasteiger partial charge in [0.2, 0.25) is 0 Å². The smallest absolute Gasteiger partial charge is 0.0989 e. The summed E-state index contributed by atoms with van der Waals surface area (Å²) >= 11 is 4.58. The number of rotatable bonds is 3. The molecule has 0 heterocycles. The van der Waals surface area contributed by atoms with Crippen molar-refractivity contribution in [2.24, 2.45) is 0 Å². The zero-order valence-electron chi connectivity index (χ0n) is 5.06. The van der Waals surface area contributed by atoms with Crippen LogP contribution < -0.4 is 10.6 Å². The molecule has 0 radical (unpaired) electrons. The molecule has 8 heavy (non-hydrogen) atoms. The van der Waals surface area contributed by atoms with Gasteiger partial charge in [-0.2, -0.15) is 0 Å². The lowest BCUT2D eigenvalue weighted by atomic mass is 10.6. The van der Waals surface area contributed by atoms with Crippen LogP contribution in [0.3, 0.4) is 0 Å². The van der Waals surface area contributed by atoms with E-state index >= 15 is 0 Å². The Kier molecular flexibility index (Phi) is 4.26. The van der Waals surface area contributed by atoms with E-state index in [0.717, 1.165) is 5.82 Å². The molecular weight excluding hydrogens is 120 g/mol. The van der Waals surface area contributed by atoms with Gasteiger partial charge in [0.05, 0.1) is 5.82 Å². The van der Waals surface area contributed by atoms with Gasteiger partial charge in [-0.05, 0) is 6.08 Å². The zero-order chi connectivity index (χ0) is 6.41. The topological polar surface area (TPSA) is 24.1 Å². The lowest BCUT2D eigenvalue weighted by molar-refractivity contribution is 0.841. The standard InChI is InChI=1S/C5H10N2S/c1-6-5(7-2)3-4-8/h3-4,6-7H,1-2H3. The van der Waals surface area contributed by atoms with E-state index in [1.54, 1.807) is 11.4 Å². The average Bonchev–Trinajstić information content (AvgIpc) is 1.83. The first kappa shape index (κ1) is 7.43. The van der Waals surface area contributed by atoms with Gasteiger partial charge in [-0.1, -0.05) is 12.2 Å². The maximum atomic E-state index is 4.58. The van der Waals surface area contributed by atoms with Gasteiger partial charge in [0.25, 0.3) is 0 Å². The SMILES string of the molecule is CNC(=CC=S)NC. The molecule has 0 aromatic heterocycles. The minimum atomic E-state index is 0.931. The lowest BCUT2D eigenvalue weighted by Crippen LogP contribution is -2.19. The van der Waals surface area contributed by atoms with E-state index in [1.807, 2.05) is 14.1 Å². The molecule has 0 aromatic carbocycles. The van der Waals surface area contributed by atoms with Crippen LogP contribution in [-0.4, -0.2) is 19.5 Å². The Hall–Kier alpha value is -0.570. The van der Waals surface area contributed by atoms with Gasteiger partial charge in [0.1, 0.15) is 0 Å². The predicted octanol–water partition coefficient (Wildman–Crippen LogP) is 0.266. The van der Waals surface area contributed by atoms with Crippen LogP contribution in [0.25, 0.3) is 0 Å². The molecule has 0 aliphatic heterocycles. The molecule has 3 heteroatoms. The molecule has 0 amide bonds. The summed E-state index contributed by atoms with van der Waals surface area (Å²) in [6.45, 7) is 0. The summed E-state index contributed by atoms with van der Waals surface area (Å²) in [5.74, 6) is 0.931. The predicted molar refractivity (Wildman–Crippen MR) is 39.9 cm³/mol. The molecule has 2 nitrogen and oxygen atoms in total. The first-order valence-corrected chi connectivity index (χ1v) is 2.83. The summed E-state index contributed by atoms with van der Waals surface area (Å²) in [5.41, 5.74) is 0. The monoisotopic (exact) mass is 130 g/mol. The maximum Gasteiger partial charge on any atom is 0.0989 e. The molecule has 0 aromatic rings. The second-order valence-electron chi connectivity index (χ2n) is 1.22. The fraction of sp³-hybridized carbons (Fsp3) is 0.400. The van der Waals surface area contributed by atoms with Crippen LogP contribution in [0.1, 0.15) is 0 Å². The van der Waals surface area contributed by atoms with Crippen LogP contribution in [0.15, 0.2) is 11.9 Å². The van der Waals surface area contributed by atoms with E-state index in [-0.39, 0.29) is 0 Å². The van der Waals surface area contributed by atoms with E-state index in [4.69, 9.17) is 0 Å². The van der Waals surface area contributed by atoms with Gasteiger partial charge in [-0.25, -0.2) is 0 Å². The van der Waals surface area contributed by atoms with Crippen LogP contribution in [0.5, 0.6) is 0 Å². The first-order chi connectivity index (χ1) is 3.85. The van der Waals surface area contributed by atoms with E-state index in [1.165, 1.54) is 0 Å². The third-order valence-corrected chi connectivity index (χ3v) is 0.909. The van der Waals surface area contributed by atoms with Gasteiger partial charge in [0, 0.05) is 19.5 Å². The Bertz CT molecular complexity index is 92.6. The van der Waals surface area contributed by atoms with Crippen molar-refractivity contribution in [2.45, 2.75) is 0 Å². The van der Waals surface area contributed by atoms with Gasteiger partial charge in [0.15, 0.2) is 0 Å². The molecule has 0 saturated carbocycles. The molecule has 0 rings (SSSR count). The fourth-order valence-corrected chi connectivity index (χ4v) is 0.496. The van der Waals surface area contributed by atoms with Crippen molar-refractivity contribution in [3.05, 3.63) is 11.9 Å². The molecule has 2 N–H and O–H groups in total. The Morgan fingerprint density at radius 1 is 1.38 bits per heavy atom. The second-order valence-corrected chi connectivity index (χ2v) is 1.49. The van der Waals surface area contributed by atoms with Crippen molar-refractivity contribution >= 4 is 17.6 Å². The summed E-state index contributed by atoms with van der Waals surface area (Å²) < 4.78 is 0. The summed E-state index contributed by atoms with van der Waals surface area (Å²) in [4.78, 5) is 0. The van der Waals surface area contributed by atoms with Crippen molar-refractivity contribution in [1.29, 1.82) is 0 Å². The Labute approximate surface area is 55.0 Å². The number of hydrogen-bond acceptors (Lipinski definition) is 3. The molecule has 0 atom stereocenters. The zero-order valence-corrected chi connectivity index (χ0v) is 5.88. The van der Waals surface area contributed by atoms with Crippen molar-refractivity contribution in [3.63, 3.8) is 0 Å². The number of nitrogens with one attached hydrogen (secondary N) is 2. The highest BCUT2D eigenvalue weighted by molar-refractivity contribution is 7.79. The van der Waals surface area contributed by atoms with Gasteiger partial charge < -0.3 is 10.6 Å². The normalized spacial score (nSPS) is 7.25. The molecule has 0 aliphatic rings. The van der Waals surface area contributed by atoms with Crippen molar-refractivity contribution in [3.8, 4) is 0 Å². The summed E-state index contributed by atoms with van der Waals surface area (Å²) in [7, 11) is 3.67. The third-order valence-electron chi connectivity index (χ3n) is 0.773. The number of hydrogen-bond donors (Lipinski definition) is 2. The van der Waals surface area contributed by atoms with Gasteiger partial charge in [-0.15, -0.1) is 0 Å². The second kappa shape index (κ2) is 4.59. The molecule has 0 aliphatic carbocycles. The van der Waals surface area contributed by atoms with E-state index in [2.05, 4.69) is 22.9 Å². The minimum absolute atomic E-state index is 0.931. The van der Waals surface area contributed by atoms with Gasteiger partial charge >= 0.3 is 0 Å². The van der Waals surface area contributed by atoms with E-state index in [9.17, 15) is 0 Å². The van der Waals surface area contributed by atoms with Crippen LogP contribution in [-0.2, 0) is 0 Å². The van der Waals surface area contributed by atoms with Crippen LogP contribution >= 0.6 is 12.2 Å². The average molecular weight is 130 g/mol. The van der Waals surface area contributed by atoms with Crippen LogP contribution in [0, 0.1) is 0 Å². The molecule has 0 bridgehead atoms. The highest BCUT2D eigenvalue weighted by Gasteiger charge is 1.79. The molecule has 0 fully saturated rings. The minimum Gasteiger partial charge on any atom is -0.375 e. The quantitative estimate of drug-likeness (QED) is 0.423. The van der Waals surface area contributed by atoms with Crippen LogP contribution in [0.4, 0.5) is 0 Å². The third kappa shape index (κ3) is 2.58. The first-order valence-electron chi connectivity index (χ1n) is 2.36. The van der Waals surface area contributed by atoms with Crippen molar-refractivity contribution in [2.75, 3.05) is 14.1 Å². The summed E-state index contributed by atoms with van der Waals surface area (Å²) in [5, 5.41) is 7.37. The number of allylic oxidation sites excluding steroid dienone is 1. The molecule has 0 saturated heterocycles. The molecular formula is C5H10N2S. The largest absolute Gasteiger partial charge is 0.375 e. The molecule has 0 unspecified atom stereocenters. The van der Waals surface area contributed by atoms with Gasteiger partial charge in [-0.3, -0.25) is 0 Å². The summed E-state index contributed by atoms with van der Waals surface area (Å²) in [6, 6.07) is 0. The van der Waals surface area contributed by atoms with E-state index in [0.29, 0.717) is 0 Å². The fourth-order valence-electron chi connectivity index (χ4n) is 0.360. The van der Waals surface area contributed by atoms with Crippen molar-refractivity contribution in [1.82, 2.24) is 10.6 Å². The molecule has 0 spiro atoms. The highest BCUT2D eigenvalue weighted by atomic mass is 32.1. The van der Waals surface area contributed by atoms with Crippen LogP contribution in [0.2, 0.25) is 0 Å². The summed E-state index contributed by atoms with van der Waals surface area (Å²) in [6.07, 6.45) is 1.79. The Morgan fingerprint density at radius 2 is 1.88 bits per heavy atom. The van der Waals surface area contributed by atoms with E-state index < -0.39 is 0 Å².